The first-order valence-electron chi connectivity index (χ1n) is 10.1. The summed E-state index contributed by atoms with van der Waals surface area (Å²) in [6, 6.07) is 3.29. The van der Waals surface area contributed by atoms with Gasteiger partial charge in [-0.3, -0.25) is 10.1 Å². The molecule has 1 fully saturated rings. The van der Waals surface area contributed by atoms with Crippen LogP contribution in [0.25, 0.3) is 0 Å². The largest absolute Gasteiger partial charge is 0.338 e. The van der Waals surface area contributed by atoms with Gasteiger partial charge in [0.25, 0.3) is 5.91 Å². The number of sulfonamides is 1. The summed E-state index contributed by atoms with van der Waals surface area (Å²) in [5.74, 6) is -0.351. The molecule has 0 saturated carbocycles. The van der Waals surface area contributed by atoms with E-state index in [-0.39, 0.29) is 12.5 Å². The molecule has 0 atom stereocenters. The quantitative estimate of drug-likeness (QED) is 0.541. The predicted octanol–water partition coefficient (Wildman–Crippen LogP) is 0.127. The maximum atomic E-state index is 13.1. The molecule has 9 heteroatoms. The van der Waals surface area contributed by atoms with Crippen molar-refractivity contribution in [2.75, 3.05) is 39.3 Å². The zero-order valence-corrected chi connectivity index (χ0v) is 18.6. The highest BCUT2D eigenvalue weighted by molar-refractivity contribution is 7.89. The highest BCUT2D eigenvalue weighted by atomic mass is 32.2. The van der Waals surface area contributed by atoms with Crippen molar-refractivity contribution in [3.63, 3.8) is 0 Å². The third kappa shape index (κ3) is 6.25. The van der Waals surface area contributed by atoms with Crippen molar-refractivity contribution in [3.05, 3.63) is 28.8 Å². The number of unbranched alkanes of at least 4 members (excludes halogenated alkanes) is 1. The summed E-state index contributed by atoms with van der Waals surface area (Å²) in [6.45, 7) is 10.1. The number of carbonyl (C=O) groups is 2. The molecule has 0 spiro atoms. The second-order valence-corrected chi connectivity index (χ2v) is 9.59. The van der Waals surface area contributed by atoms with Crippen molar-refractivity contribution < 1.29 is 22.9 Å². The molecule has 1 aromatic carbocycles. The first-order chi connectivity index (χ1) is 13.6. The summed E-state index contributed by atoms with van der Waals surface area (Å²) in [5, 5.41) is 4.98. The number of nitrogens with zero attached hydrogens (tertiary/aromatic N) is 1. The molecule has 1 saturated heterocycles. The molecular weight excluding hydrogens is 392 g/mol. The van der Waals surface area contributed by atoms with Crippen LogP contribution in [-0.4, -0.2) is 63.9 Å². The van der Waals surface area contributed by atoms with Crippen LogP contribution in [0.3, 0.4) is 0 Å². The van der Waals surface area contributed by atoms with E-state index in [1.165, 1.54) is 4.31 Å². The number of piperazine rings is 1. The summed E-state index contributed by atoms with van der Waals surface area (Å²) in [4.78, 5) is 25.1. The van der Waals surface area contributed by atoms with Gasteiger partial charge in [0.15, 0.2) is 6.54 Å². The van der Waals surface area contributed by atoms with Crippen LogP contribution in [0.5, 0.6) is 0 Å². The number of aryl methyl sites for hydroxylation is 3. The number of urea groups is 1. The molecule has 0 aliphatic carbocycles. The molecule has 1 aliphatic heterocycles. The summed E-state index contributed by atoms with van der Waals surface area (Å²) < 4.78 is 27.7. The maximum absolute atomic E-state index is 13.1. The van der Waals surface area contributed by atoms with Crippen LogP contribution < -0.4 is 15.5 Å². The molecule has 1 aliphatic rings. The number of hydrogen-bond acceptors (Lipinski definition) is 4. The number of nitrogens with one attached hydrogen (secondary N) is 3. The summed E-state index contributed by atoms with van der Waals surface area (Å²) >= 11 is 0. The van der Waals surface area contributed by atoms with Gasteiger partial charge in [0.2, 0.25) is 10.0 Å². The van der Waals surface area contributed by atoms with E-state index in [1.807, 2.05) is 39.8 Å². The summed E-state index contributed by atoms with van der Waals surface area (Å²) in [5.41, 5.74) is 2.55. The van der Waals surface area contributed by atoms with Crippen LogP contribution in [0.2, 0.25) is 0 Å². The third-order valence-corrected chi connectivity index (χ3v) is 7.32. The van der Waals surface area contributed by atoms with E-state index in [2.05, 4.69) is 10.6 Å². The van der Waals surface area contributed by atoms with Gasteiger partial charge in [-0.2, -0.15) is 4.31 Å². The molecule has 29 heavy (non-hydrogen) atoms. The molecule has 0 radical (unpaired) electrons. The van der Waals surface area contributed by atoms with Crippen molar-refractivity contribution in [1.29, 1.82) is 0 Å². The number of imide groups is 1. The highest BCUT2D eigenvalue weighted by Crippen LogP contribution is 2.25. The van der Waals surface area contributed by atoms with Gasteiger partial charge >= 0.3 is 6.03 Å². The predicted molar refractivity (Wildman–Crippen MR) is 111 cm³/mol. The molecule has 0 bridgehead atoms. The third-order valence-electron chi connectivity index (χ3n) is 5.11. The summed E-state index contributed by atoms with van der Waals surface area (Å²) in [7, 11) is -3.57. The van der Waals surface area contributed by atoms with Gasteiger partial charge in [-0.05, 0) is 38.3 Å². The van der Waals surface area contributed by atoms with Crippen LogP contribution in [0.1, 0.15) is 36.5 Å². The first kappa shape index (κ1) is 23.3. The van der Waals surface area contributed by atoms with E-state index in [9.17, 15) is 18.0 Å². The number of amides is 3. The Hall–Kier alpha value is -1.97. The van der Waals surface area contributed by atoms with Crippen LogP contribution in [0.15, 0.2) is 17.0 Å². The number of carbonyl (C=O) groups excluding carboxylic acids is 2. The number of quaternary nitrogens is 1. The molecule has 2 rings (SSSR count). The van der Waals surface area contributed by atoms with E-state index in [1.54, 1.807) is 0 Å². The molecule has 8 nitrogen and oxygen atoms in total. The van der Waals surface area contributed by atoms with Crippen molar-refractivity contribution in [3.8, 4) is 0 Å². The van der Waals surface area contributed by atoms with Crippen LogP contribution >= 0.6 is 0 Å². The molecule has 162 valence electrons. The zero-order chi connectivity index (χ0) is 21.6. The standard InChI is InChI=1S/C20H32N4O4S/c1-5-6-7-21-20(26)22-18(25)14-23-8-10-24(11-9-23)29(27,28)19-16(3)12-15(2)13-17(19)4/h12-13H,5-11,14H2,1-4H3,(H2,21,22,25,26)/p+1. The number of benzene rings is 1. The van der Waals surface area contributed by atoms with Gasteiger partial charge in [0.1, 0.15) is 0 Å². The zero-order valence-electron chi connectivity index (χ0n) is 17.8. The molecule has 1 heterocycles. The Morgan fingerprint density at radius 1 is 1.10 bits per heavy atom. The van der Waals surface area contributed by atoms with Gasteiger partial charge in [0, 0.05) is 6.54 Å². The van der Waals surface area contributed by atoms with Crippen molar-refractivity contribution >= 4 is 22.0 Å². The van der Waals surface area contributed by atoms with Crippen LogP contribution in [0, 0.1) is 20.8 Å². The lowest BCUT2D eigenvalue weighted by Crippen LogP contribution is -3.15. The monoisotopic (exact) mass is 425 g/mol. The molecule has 3 amide bonds. The number of rotatable bonds is 7. The minimum Gasteiger partial charge on any atom is -0.338 e. The Kier molecular flexibility index (Phi) is 8.18. The molecule has 3 N–H and O–H groups in total. The van der Waals surface area contributed by atoms with Crippen LogP contribution in [-0.2, 0) is 14.8 Å². The summed E-state index contributed by atoms with van der Waals surface area (Å²) in [6.07, 6.45) is 1.83. The number of hydrogen-bond donors (Lipinski definition) is 3. The first-order valence-corrected chi connectivity index (χ1v) is 11.6. The Labute approximate surface area is 173 Å². The second kappa shape index (κ2) is 10.2. The minimum atomic E-state index is -3.57. The van der Waals surface area contributed by atoms with E-state index in [0.717, 1.165) is 34.4 Å². The van der Waals surface area contributed by atoms with E-state index >= 15 is 0 Å². The van der Waals surface area contributed by atoms with Crippen LogP contribution in [0.4, 0.5) is 4.79 Å². The average molecular weight is 426 g/mol. The van der Waals surface area contributed by atoms with Gasteiger partial charge in [-0.25, -0.2) is 13.2 Å². The molecule has 0 aromatic heterocycles. The minimum absolute atomic E-state index is 0.150. The smallest absolute Gasteiger partial charge is 0.321 e. The fraction of sp³-hybridized carbons (Fsp3) is 0.600. The Morgan fingerprint density at radius 2 is 1.69 bits per heavy atom. The Bertz CT molecular complexity index is 823. The molecule has 1 aromatic rings. The van der Waals surface area contributed by atoms with Crippen molar-refractivity contribution in [1.82, 2.24) is 14.9 Å². The van der Waals surface area contributed by atoms with Gasteiger partial charge < -0.3 is 10.2 Å². The maximum Gasteiger partial charge on any atom is 0.321 e. The Balaban J connectivity index is 1.90. The lowest BCUT2D eigenvalue weighted by Gasteiger charge is -2.31. The van der Waals surface area contributed by atoms with E-state index < -0.39 is 16.1 Å². The van der Waals surface area contributed by atoms with Gasteiger partial charge in [-0.15, -0.1) is 0 Å². The Morgan fingerprint density at radius 3 is 2.24 bits per heavy atom. The van der Waals surface area contributed by atoms with Crippen molar-refractivity contribution in [2.45, 2.75) is 45.4 Å². The van der Waals surface area contributed by atoms with Gasteiger partial charge in [0.05, 0.1) is 31.1 Å². The van der Waals surface area contributed by atoms with Crippen molar-refractivity contribution in [2.24, 2.45) is 0 Å². The van der Waals surface area contributed by atoms with Gasteiger partial charge in [-0.1, -0.05) is 31.0 Å². The fourth-order valence-electron chi connectivity index (χ4n) is 3.74. The lowest BCUT2D eigenvalue weighted by molar-refractivity contribution is -0.895. The average Bonchev–Trinajstić information content (AvgIpc) is 2.61. The van der Waals surface area contributed by atoms with E-state index in [4.69, 9.17) is 0 Å². The normalized spacial score (nSPS) is 15.9. The SMILES string of the molecule is CCCCNC(=O)NC(=O)C[NH+]1CCN(S(=O)(=O)c2c(C)cc(C)cc2C)CC1. The van der Waals surface area contributed by atoms with E-state index in [0.29, 0.717) is 37.6 Å². The highest BCUT2D eigenvalue weighted by Gasteiger charge is 2.33. The second-order valence-electron chi connectivity index (χ2n) is 7.72. The fourth-order valence-corrected chi connectivity index (χ4v) is 5.60. The topological polar surface area (TPSA) is 100 Å². The lowest BCUT2D eigenvalue weighted by atomic mass is 10.1. The molecule has 0 unspecified atom stereocenters. The molecular formula is C20H33N4O4S+.